The highest BCUT2D eigenvalue weighted by atomic mass is 16.5. The van der Waals surface area contributed by atoms with Crippen molar-refractivity contribution < 1.29 is 9.47 Å². The Bertz CT molecular complexity index is 979. The van der Waals surface area contributed by atoms with Crippen LogP contribution in [0, 0.1) is 20.8 Å². The lowest BCUT2D eigenvalue weighted by molar-refractivity contribution is 0.269. The molecule has 0 saturated carbocycles. The molecule has 4 heteroatoms. The van der Waals surface area contributed by atoms with E-state index in [4.69, 9.17) is 9.47 Å². The first-order valence-electron chi connectivity index (χ1n) is 9.86. The molecule has 0 fully saturated rings. The lowest BCUT2D eigenvalue weighted by Crippen LogP contribution is -2.02. The smallest absolute Gasteiger partial charge is 0.161 e. The van der Waals surface area contributed by atoms with E-state index in [0.717, 1.165) is 22.7 Å². The van der Waals surface area contributed by atoms with Gasteiger partial charge in [-0.1, -0.05) is 41.5 Å². The summed E-state index contributed by atoms with van der Waals surface area (Å²) < 4.78 is 11.9. The molecule has 0 unspecified atom stereocenters. The molecule has 0 amide bonds. The molecule has 0 aliphatic rings. The van der Waals surface area contributed by atoms with E-state index in [1.54, 1.807) is 6.21 Å². The molecule has 150 valence electrons. The van der Waals surface area contributed by atoms with Gasteiger partial charge >= 0.3 is 0 Å². The van der Waals surface area contributed by atoms with Gasteiger partial charge in [-0.05, 0) is 74.7 Å². The summed E-state index contributed by atoms with van der Waals surface area (Å²) in [6.45, 7) is 9.30. The van der Waals surface area contributed by atoms with Crippen LogP contribution in [0.1, 0.15) is 34.7 Å². The van der Waals surface area contributed by atoms with Crippen molar-refractivity contribution in [3.63, 3.8) is 0 Å². The summed E-state index contributed by atoms with van der Waals surface area (Å²) >= 11 is 0. The Morgan fingerprint density at radius 2 is 1.59 bits per heavy atom. The molecule has 4 nitrogen and oxygen atoms in total. The van der Waals surface area contributed by atoms with Crippen molar-refractivity contribution in [2.75, 3.05) is 12.0 Å². The van der Waals surface area contributed by atoms with Crippen molar-refractivity contribution in [2.45, 2.75) is 34.3 Å². The highest BCUT2D eigenvalue weighted by molar-refractivity contribution is 5.81. The number of hydrazone groups is 1. The highest BCUT2D eigenvalue weighted by Crippen LogP contribution is 2.29. The van der Waals surface area contributed by atoms with E-state index in [9.17, 15) is 0 Å². The number of nitrogens with zero attached hydrogens (tertiary/aromatic N) is 1. The minimum Gasteiger partial charge on any atom is -0.490 e. The Labute approximate surface area is 173 Å². The van der Waals surface area contributed by atoms with Gasteiger partial charge in [0.05, 0.1) is 18.5 Å². The average molecular weight is 389 g/mol. The third-order valence-corrected chi connectivity index (χ3v) is 4.61. The predicted octanol–water partition coefficient (Wildman–Crippen LogP) is 6.04. The van der Waals surface area contributed by atoms with Crippen molar-refractivity contribution in [3.8, 4) is 11.5 Å². The molecule has 29 heavy (non-hydrogen) atoms. The van der Waals surface area contributed by atoms with E-state index in [2.05, 4.69) is 49.5 Å². The molecule has 0 aromatic heterocycles. The standard InChI is InChI=1S/C25H28N2O2/c1-5-28-25-15-21(16-26-27-23-11-7-18(2)8-12-23)10-13-24(25)29-17-22-14-19(3)6-9-20(22)4/h6-16,27H,5,17H2,1-4H3/b26-16+. The molecule has 3 aromatic rings. The van der Waals surface area contributed by atoms with Crippen LogP contribution in [-0.4, -0.2) is 12.8 Å². The molecule has 1 N–H and O–H groups in total. The fraction of sp³-hybridized carbons (Fsp3) is 0.240. The van der Waals surface area contributed by atoms with E-state index in [1.807, 2.05) is 49.4 Å². The quantitative estimate of drug-likeness (QED) is 0.378. The molecule has 0 spiro atoms. The fourth-order valence-electron chi connectivity index (χ4n) is 2.91. The van der Waals surface area contributed by atoms with Gasteiger partial charge in [0.15, 0.2) is 11.5 Å². The van der Waals surface area contributed by atoms with Crippen molar-refractivity contribution in [3.05, 3.63) is 88.5 Å². The first-order chi connectivity index (χ1) is 14.0. The molecule has 3 rings (SSSR count). The number of ether oxygens (including phenoxy) is 2. The van der Waals surface area contributed by atoms with Crippen LogP contribution in [0.5, 0.6) is 11.5 Å². The maximum absolute atomic E-state index is 6.07. The second-order valence-corrected chi connectivity index (χ2v) is 7.09. The van der Waals surface area contributed by atoms with Gasteiger partial charge in [-0.25, -0.2) is 0 Å². The summed E-state index contributed by atoms with van der Waals surface area (Å²) in [5.41, 5.74) is 9.78. The summed E-state index contributed by atoms with van der Waals surface area (Å²) in [6, 6.07) is 20.4. The summed E-state index contributed by atoms with van der Waals surface area (Å²) in [6.07, 6.45) is 1.77. The number of hydrogen-bond donors (Lipinski definition) is 1. The van der Waals surface area contributed by atoms with Crippen LogP contribution < -0.4 is 14.9 Å². The number of nitrogens with one attached hydrogen (secondary N) is 1. The Balaban J connectivity index is 1.69. The van der Waals surface area contributed by atoms with E-state index in [-0.39, 0.29) is 0 Å². The monoisotopic (exact) mass is 388 g/mol. The van der Waals surface area contributed by atoms with Crippen molar-refractivity contribution in [2.24, 2.45) is 5.10 Å². The minimum absolute atomic E-state index is 0.510. The summed E-state index contributed by atoms with van der Waals surface area (Å²) in [5, 5.41) is 4.32. The number of hydrogen-bond acceptors (Lipinski definition) is 4. The third kappa shape index (κ3) is 5.85. The van der Waals surface area contributed by atoms with Crippen LogP contribution >= 0.6 is 0 Å². The normalized spacial score (nSPS) is 10.9. The number of benzene rings is 3. The molecule has 0 bridgehead atoms. The first kappa shape index (κ1) is 20.5. The largest absolute Gasteiger partial charge is 0.490 e. The number of aryl methyl sites for hydroxylation is 3. The van der Waals surface area contributed by atoms with Gasteiger partial charge in [0.2, 0.25) is 0 Å². The maximum atomic E-state index is 6.07. The van der Waals surface area contributed by atoms with Gasteiger partial charge in [-0.15, -0.1) is 0 Å². The third-order valence-electron chi connectivity index (χ3n) is 4.61. The van der Waals surface area contributed by atoms with Crippen LogP contribution in [0.2, 0.25) is 0 Å². The van der Waals surface area contributed by atoms with Crippen LogP contribution in [0.4, 0.5) is 5.69 Å². The molecule has 0 radical (unpaired) electrons. The Hall–Kier alpha value is -3.27. The fourth-order valence-corrected chi connectivity index (χ4v) is 2.91. The van der Waals surface area contributed by atoms with Gasteiger partial charge in [0, 0.05) is 0 Å². The van der Waals surface area contributed by atoms with Crippen molar-refractivity contribution >= 4 is 11.9 Å². The molecular weight excluding hydrogens is 360 g/mol. The maximum Gasteiger partial charge on any atom is 0.161 e. The molecule has 3 aromatic carbocycles. The highest BCUT2D eigenvalue weighted by Gasteiger charge is 2.08. The Kier molecular flexibility index (Phi) is 6.90. The molecule has 0 aliphatic heterocycles. The van der Waals surface area contributed by atoms with Gasteiger partial charge in [0.1, 0.15) is 6.61 Å². The first-order valence-corrected chi connectivity index (χ1v) is 9.86. The Morgan fingerprint density at radius 3 is 2.34 bits per heavy atom. The topological polar surface area (TPSA) is 42.8 Å². The van der Waals surface area contributed by atoms with Crippen LogP contribution in [0.15, 0.2) is 65.8 Å². The van der Waals surface area contributed by atoms with Gasteiger partial charge in [0.25, 0.3) is 0 Å². The lowest BCUT2D eigenvalue weighted by atomic mass is 10.1. The SMILES string of the molecule is CCOc1cc(/C=N/Nc2ccc(C)cc2)ccc1OCc1cc(C)ccc1C. The number of rotatable bonds is 8. The van der Waals surface area contributed by atoms with Crippen molar-refractivity contribution in [1.29, 1.82) is 0 Å². The van der Waals surface area contributed by atoms with E-state index in [1.165, 1.54) is 22.3 Å². The zero-order valence-corrected chi connectivity index (χ0v) is 17.5. The second kappa shape index (κ2) is 9.78. The van der Waals surface area contributed by atoms with E-state index >= 15 is 0 Å². The van der Waals surface area contributed by atoms with Crippen molar-refractivity contribution in [1.82, 2.24) is 0 Å². The predicted molar refractivity (Wildman–Crippen MR) is 120 cm³/mol. The second-order valence-electron chi connectivity index (χ2n) is 7.09. The molecular formula is C25H28N2O2. The van der Waals surface area contributed by atoms with Crippen LogP contribution in [0.25, 0.3) is 0 Å². The average Bonchev–Trinajstić information content (AvgIpc) is 2.71. The summed E-state index contributed by atoms with van der Waals surface area (Å²) in [4.78, 5) is 0. The van der Waals surface area contributed by atoms with E-state index in [0.29, 0.717) is 13.2 Å². The molecule has 0 atom stereocenters. The molecule has 0 saturated heterocycles. The van der Waals surface area contributed by atoms with E-state index < -0.39 is 0 Å². The van der Waals surface area contributed by atoms with Crippen LogP contribution in [-0.2, 0) is 6.61 Å². The summed E-state index contributed by atoms with van der Waals surface area (Å²) in [7, 11) is 0. The zero-order valence-electron chi connectivity index (χ0n) is 17.5. The zero-order chi connectivity index (χ0) is 20.6. The molecule has 0 aliphatic carbocycles. The Morgan fingerprint density at radius 1 is 0.828 bits per heavy atom. The van der Waals surface area contributed by atoms with Gasteiger partial charge < -0.3 is 9.47 Å². The van der Waals surface area contributed by atoms with Crippen LogP contribution in [0.3, 0.4) is 0 Å². The minimum atomic E-state index is 0.510. The van der Waals surface area contributed by atoms with Gasteiger partial charge in [-0.3, -0.25) is 5.43 Å². The number of anilines is 1. The lowest BCUT2D eigenvalue weighted by Gasteiger charge is -2.14. The van der Waals surface area contributed by atoms with Gasteiger partial charge in [-0.2, -0.15) is 5.10 Å². The molecule has 0 heterocycles. The summed E-state index contributed by atoms with van der Waals surface area (Å²) in [5.74, 6) is 1.45.